The smallest absolute Gasteiger partial charge is 0.241 e. The molecule has 2 aromatic rings. The maximum Gasteiger partial charge on any atom is 0.241 e. The predicted octanol–water partition coefficient (Wildman–Crippen LogP) is 4.41. The van der Waals surface area contributed by atoms with Crippen molar-refractivity contribution in [2.45, 2.75) is 65.8 Å². The third-order valence-corrected chi connectivity index (χ3v) is 5.73. The highest BCUT2D eigenvalue weighted by Crippen LogP contribution is 2.25. The lowest BCUT2D eigenvalue weighted by Gasteiger charge is -2.30. The van der Waals surface area contributed by atoms with Crippen LogP contribution in [0.25, 0.3) is 11.4 Å². The maximum atomic E-state index is 12.5. The van der Waals surface area contributed by atoms with E-state index in [0.29, 0.717) is 24.2 Å². The molecule has 0 bridgehead atoms. The summed E-state index contributed by atoms with van der Waals surface area (Å²) in [6.45, 7) is 14.0. The lowest BCUT2D eigenvalue weighted by molar-refractivity contribution is -0.126. The number of rotatable bonds is 7. The highest BCUT2D eigenvalue weighted by molar-refractivity contribution is 5.78. The van der Waals surface area contributed by atoms with Crippen molar-refractivity contribution in [3.63, 3.8) is 0 Å². The molecule has 164 valence electrons. The van der Waals surface area contributed by atoms with Gasteiger partial charge in [-0.15, -0.1) is 0 Å². The van der Waals surface area contributed by atoms with Gasteiger partial charge in [0.1, 0.15) is 0 Å². The summed E-state index contributed by atoms with van der Waals surface area (Å²) in [6, 6.07) is 8.35. The van der Waals surface area contributed by atoms with Gasteiger partial charge in [-0.25, -0.2) is 0 Å². The second-order valence-electron chi connectivity index (χ2n) is 9.89. The predicted molar refractivity (Wildman–Crippen MR) is 119 cm³/mol. The summed E-state index contributed by atoms with van der Waals surface area (Å²) in [4.78, 5) is 19.3. The van der Waals surface area contributed by atoms with Crippen LogP contribution >= 0.6 is 0 Å². The van der Waals surface area contributed by atoms with Gasteiger partial charge < -0.3 is 9.84 Å². The Hall–Kier alpha value is -2.21. The highest BCUT2D eigenvalue weighted by atomic mass is 16.5. The Balaban J connectivity index is 1.55. The van der Waals surface area contributed by atoms with E-state index in [1.54, 1.807) is 0 Å². The number of carbonyl (C=O) groups excluding carboxylic acids is 1. The summed E-state index contributed by atoms with van der Waals surface area (Å²) in [6.07, 6.45) is 2.97. The first-order valence-electron chi connectivity index (χ1n) is 11.2. The minimum Gasteiger partial charge on any atom is -0.356 e. The van der Waals surface area contributed by atoms with Gasteiger partial charge in [0.25, 0.3) is 0 Å². The molecule has 1 saturated heterocycles. The molecule has 1 fully saturated rings. The standard InChI is InChI=1S/C24H36N4O2/c1-17(2)12-13-25-23(29)19-7-6-14-28(15-19)16-21-26-22(27-30-21)18-8-10-20(11-9-18)24(3,4)5/h8-11,17,19H,6-7,12-16H2,1-5H3,(H,25,29). The number of amides is 1. The topological polar surface area (TPSA) is 71.3 Å². The molecule has 1 atom stereocenters. The first-order valence-corrected chi connectivity index (χ1v) is 11.2. The average Bonchev–Trinajstić information content (AvgIpc) is 3.16. The molecule has 1 aromatic carbocycles. The largest absolute Gasteiger partial charge is 0.356 e. The summed E-state index contributed by atoms with van der Waals surface area (Å²) >= 11 is 0. The Morgan fingerprint density at radius 2 is 2.00 bits per heavy atom. The molecule has 6 nitrogen and oxygen atoms in total. The molecule has 1 N–H and O–H groups in total. The molecule has 1 unspecified atom stereocenters. The van der Waals surface area contributed by atoms with E-state index in [1.165, 1.54) is 5.56 Å². The molecule has 0 aliphatic carbocycles. The fourth-order valence-electron chi connectivity index (χ4n) is 3.79. The van der Waals surface area contributed by atoms with Crippen LogP contribution in [-0.4, -0.2) is 40.6 Å². The summed E-state index contributed by atoms with van der Waals surface area (Å²) in [5.41, 5.74) is 2.35. The number of carbonyl (C=O) groups is 1. The van der Waals surface area contributed by atoms with Gasteiger partial charge in [-0.1, -0.05) is 64.0 Å². The molecule has 6 heteroatoms. The number of hydrogen-bond acceptors (Lipinski definition) is 5. The van der Waals surface area contributed by atoms with Crippen molar-refractivity contribution >= 4 is 5.91 Å². The summed E-state index contributed by atoms with van der Waals surface area (Å²) < 4.78 is 5.50. The monoisotopic (exact) mass is 412 g/mol. The number of likely N-dealkylation sites (tertiary alicyclic amines) is 1. The van der Waals surface area contributed by atoms with Gasteiger partial charge in [-0.3, -0.25) is 9.69 Å². The Bertz CT molecular complexity index is 820. The first-order chi connectivity index (χ1) is 14.2. The van der Waals surface area contributed by atoms with Gasteiger partial charge in [0.15, 0.2) is 0 Å². The molecule has 1 aliphatic heterocycles. The van der Waals surface area contributed by atoms with Crippen LogP contribution in [0.3, 0.4) is 0 Å². The number of nitrogens with zero attached hydrogens (tertiary/aromatic N) is 3. The number of piperidine rings is 1. The van der Waals surface area contributed by atoms with Gasteiger partial charge in [0, 0.05) is 18.7 Å². The van der Waals surface area contributed by atoms with E-state index in [2.05, 4.69) is 67.1 Å². The van der Waals surface area contributed by atoms with Gasteiger partial charge >= 0.3 is 0 Å². The fourth-order valence-corrected chi connectivity index (χ4v) is 3.79. The minimum absolute atomic E-state index is 0.0400. The van der Waals surface area contributed by atoms with Crippen LogP contribution in [0.4, 0.5) is 0 Å². The summed E-state index contributed by atoms with van der Waals surface area (Å²) in [5.74, 6) is 2.03. The van der Waals surface area contributed by atoms with E-state index in [4.69, 9.17) is 4.52 Å². The average molecular weight is 413 g/mol. The van der Waals surface area contributed by atoms with Gasteiger partial charge in [-0.2, -0.15) is 4.98 Å². The molecule has 3 rings (SSSR count). The zero-order chi connectivity index (χ0) is 21.7. The van der Waals surface area contributed by atoms with Crippen molar-refractivity contribution in [3.8, 4) is 11.4 Å². The van der Waals surface area contributed by atoms with E-state index in [1.807, 2.05) is 12.1 Å². The molecular formula is C24H36N4O2. The number of hydrogen-bond donors (Lipinski definition) is 1. The third-order valence-electron chi connectivity index (χ3n) is 5.73. The second kappa shape index (κ2) is 9.73. The van der Waals surface area contributed by atoms with Gasteiger partial charge in [0.05, 0.1) is 12.5 Å². The Morgan fingerprint density at radius 3 is 2.67 bits per heavy atom. The third kappa shape index (κ3) is 6.14. The molecule has 0 saturated carbocycles. The van der Waals surface area contributed by atoms with Crippen molar-refractivity contribution in [2.75, 3.05) is 19.6 Å². The van der Waals surface area contributed by atoms with Crippen molar-refractivity contribution in [1.82, 2.24) is 20.4 Å². The molecular weight excluding hydrogens is 376 g/mol. The molecule has 2 heterocycles. The Labute approximate surface area is 180 Å². The number of benzene rings is 1. The van der Waals surface area contributed by atoms with Crippen molar-refractivity contribution in [1.29, 1.82) is 0 Å². The fraction of sp³-hybridized carbons (Fsp3) is 0.625. The van der Waals surface area contributed by atoms with Crippen LogP contribution in [-0.2, 0) is 16.8 Å². The molecule has 1 amide bonds. The lowest BCUT2D eigenvalue weighted by atomic mass is 9.87. The van der Waals surface area contributed by atoms with Crippen LogP contribution in [0.1, 0.15) is 65.3 Å². The van der Waals surface area contributed by atoms with Crippen LogP contribution in [0.15, 0.2) is 28.8 Å². The SMILES string of the molecule is CC(C)CCNC(=O)C1CCCN(Cc2nc(-c3ccc(C(C)(C)C)cc3)no2)C1. The van der Waals surface area contributed by atoms with E-state index >= 15 is 0 Å². The number of nitrogens with one attached hydrogen (secondary N) is 1. The van der Waals surface area contributed by atoms with Crippen molar-refractivity contribution in [2.24, 2.45) is 11.8 Å². The summed E-state index contributed by atoms with van der Waals surface area (Å²) in [7, 11) is 0. The minimum atomic E-state index is 0.0400. The first kappa shape index (κ1) is 22.5. The van der Waals surface area contributed by atoms with Crippen LogP contribution in [0.2, 0.25) is 0 Å². The molecule has 1 aliphatic rings. The maximum absolute atomic E-state index is 12.5. The van der Waals surface area contributed by atoms with Gasteiger partial charge in [-0.05, 0) is 42.7 Å². The molecule has 0 radical (unpaired) electrons. The number of aromatic nitrogens is 2. The van der Waals surface area contributed by atoms with Crippen LogP contribution < -0.4 is 5.32 Å². The molecule has 0 spiro atoms. The Morgan fingerprint density at radius 1 is 1.27 bits per heavy atom. The van der Waals surface area contributed by atoms with Crippen molar-refractivity contribution in [3.05, 3.63) is 35.7 Å². The zero-order valence-corrected chi connectivity index (χ0v) is 19.1. The van der Waals surface area contributed by atoms with Crippen LogP contribution in [0.5, 0.6) is 0 Å². The zero-order valence-electron chi connectivity index (χ0n) is 19.1. The van der Waals surface area contributed by atoms with E-state index in [-0.39, 0.29) is 17.2 Å². The second-order valence-corrected chi connectivity index (χ2v) is 9.89. The van der Waals surface area contributed by atoms with Gasteiger partial charge in [0.2, 0.25) is 17.6 Å². The lowest BCUT2D eigenvalue weighted by Crippen LogP contribution is -2.43. The van der Waals surface area contributed by atoms with Crippen molar-refractivity contribution < 1.29 is 9.32 Å². The van der Waals surface area contributed by atoms with Crippen LogP contribution in [0, 0.1) is 11.8 Å². The molecule has 30 heavy (non-hydrogen) atoms. The normalized spacial score (nSPS) is 18.0. The quantitative estimate of drug-likeness (QED) is 0.729. The highest BCUT2D eigenvalue weighted by Gasteiger charge is 2.26. The van der Waals surface area contributed by atoms with E-state index in [0.717, 1.165) is 44.5 Å². The molecule has 1 aromatic heterocycles. The Kier molecular flexibility index (Phi) is 7.29. The summed E-state index contributed by atoms with van der Waals surface area (Å²) in [5, 5.41) is 7.25. The van der Waals surface area contributed by atoms with E-state index < -0.39 is 0 Å². The van der Waals surface area contributed by atoms with E-state index in [9.17, 15) is 4.79 Å².